The highest BCUT2D eigenvalue weighted by Crippen LogP contribution is 1.98. The van der Waals surface area contributed by atoms with Crippen LogP contribution < -0.4 is 5.48 Å². The van der Waals surface area contributed by atoms with E-state index in [4.69, 9.17) is 4.84 Å². The van der Waals surface area contributed by atoms with Gasteiger partial charge in [0.2, 0.25) is 0 Å². The van der Waals surface area contributed by atoms with Gasteiger partial charge in [0.05, 0.1) is 6.61 Å². The Morgan fingerprint density at radius 3 is 2.79 bits per heavy atom. The highest BCUT2D eigenvalue weighted by atomic mass is 16.6. The maximum Gasteiger partial charge on any atom is 0.0933 e. The van der Waals surface area contributed by atoms with E-state index in [-0.39, 0.29) is 0 Å². The van der Waals surface area contributed by atoms with Gasteiger partial charge in [0, 0.05) is 13.0 Å². The minimum absolute atomic E-state index is 0.598. The van der Waals surface area contributed by atoms with E-state index in [0.717, 1.165) is 13.0 Å². The Morgan fingerprint density at radius 2 is 2.07 bits per heavy atom. The van der Waals surface area contributed by atoms with Crippen LogP contribution in [0, 0.1) is 11.8 Å². The van der Waals surface area contributed by atoms with Gasteiger partial charge in [-0.15, -0.1) is 11.8 Å². The number of hydrogen-bond donors (Lipinski definition) is 1. The molecule has 74 valence electrons. The van der Waals surface area contributed by atoms with E-state index in [0.29, 0.717) is 6.61 Å². The number of hydroxylamine groups is 1. The molecule has 0 saturated heterocycles. The first-order valence-corrected chi connectivity index (χ1v) is 4.71. The van der Waals surface area contributed by atoms with Gasteiger partial charge in [0.1, 0.15) is 0 Å². The van der Waals surface area contributed by atoms with Crippen LogP contribution in [-0.2, 0) is 11.4 Å². The molecule has 0 atom stereocenters. The van der Waals surface area contributed by atoms with Crippen LogP contribution in [0.2, 0.25) is 0 Å². The maximum absolute atomic E-state index is 5.25. The Kier molecular flexibility index (Phi) is 5.49. The van der Waals surface area contributed by atoms with Gasteiger partial charge in [-0.25, -0.2) is 5.48 Å². The van der Waals surface area contributed by atoms with E-state index < -0.39 is 0 Å². The van der Waals surface area contributed by atoms with Gasteiger partial charge in [0.25, 0.3) is 0 Å². The quantitative estimate of drug-likeness (QED) is 0.435. The Hall–Kier alpha value is -1.30. The van der Waals surface area contributed by atoms with Gasteiger partial charge in [-0.2, -0.15) is 0 Å². The van der Waals surface area contributed by atoms with Crippen molar-refractivity contribution in [3.05, 3.63) is 35.9 Å². The smallest absolute Gasteiger partial charge is 0.0933 e. The van der Waals surface area contributed by atoms with Crippen molar-refractivity contribution in [1.82, 2.24) is 5.48 Å². The van der Waals surface area contributed by atoms with Crippen molar-refractivity contribution in [2.24, 2.45) is 0 Å². The predicted octanol–water partition coefficient (Wildman–Crippen LogP) is 2.12. The van der Waals surface area contributed by atoms with Crippen LogP contribution in [0.5, 0.6) is 0 Å². The second kappa shape index (κ2) is 7.14. The Labute approximate surface area is 85.2 Å². The summed E-state index contributed by atoms with van der Waals surface area (Å²) in [6.45, 7) is 3.21. The fourth-order valence-electron chi connectivity index (χ4n) is 1.02. The van der Waals surface area contributed by atoms with Crippen LogP contribution in [0.15, 0.2) is 30.3 Å². The molecule has 0 heterocycles. The molecule has 1 N–H and O–H groups in total. The van der Waals surface area contributed by atoms with Gasteiger partial charge in [-0.3, -0.25) is 4.84 Å². The molecule has 0 aliphatic heterocycles. The number of rotatable bonds is 5. The summed E-state index contributed by atoms with van der Waals surface area (Å²) in [5.74, 6) is 5.79. The van der Waals surface area contributed by atoms with E-state index in [1.807, 2.05) is 37.3 Å². The molecule has 0 aliphatic carbocycles. The van der Waals surface area contributed by atoms with Crippen molar-refractivity contribution in [2.75, 3.05) is 6.54 Å². The first kappa shape index (κ1) is 10.8. The van der Waals surface area contributed by atoms with Crippen LogP contribution in [0.25, 0.3) is 0 Å². The Bertz CT molecular complexity index is 297. The Balaban J connectivity index is 2.06. The molecule has 0 unspecified atom stereocenters. The van der Waals surface area contributed by atoms with E-state index in [1.165, 1.54) is 5.56 Å². The maximum atomic E-state index is 5.25. The average Bonchev–Trinajstić information content (AvgIpc) is 2.25. The Morgan fingerprint density at radius 1 is 1.29 bits per heavy atom. The fourth-order valence-corrected chi connectivity index (χ4v) is 1.02. The van der Waals surface area contributed by atoms with E-state index in [1.54, 1.807) is 0 Å². The van der Waals surface area contributed by atoms with E-state index in [2.05, 4.69) is 17.3 Å². The topological polar surface area (TPSA) is 21.3 Å². The molecule has 2 nitrogen and oxygen atoms in total. The third-order valence-corrected chi connectivity index (χ3v) is 1.71. The summed E-state index contributed by atoms with van der Waals surface area (Å²) >= 11 is 0. The summed E-state index contributed by atoms with van der Waals surface area (Å²) in [4.78, 5) is 5.25. The molecule has 1 rings (SSSR count). The minimum Gasteiger partial charge on any atom is -0.297 e. The molecule has 0 bridgehead atoms. The lowest BCUT2D eigenvalue weighted by molar-refractivity contribution is 0.0295. The summed E-state index contributed by atoms with van der Waals surface area (Å²) in [5.41, 5.74) is 4.03. The second-order valence-corrected chi connectivity index (χ2v) is 2.85. The molecule has 0 aromatic heterocycles. The number of hydrogen-bond acceptors (Lipinski definition) is 2. The second-order valence-electron chi connectivity index (χ2n) is 2.85. The van der Waals surface area contributed by atoms with Gasteiger partial charge in [0.15, 0.2) is 0 Å². The zero-order valence-corrected chi connectivity index (χ0v) is 8.42. The lowest BCUT2D eigenvalue weighted by atomic mass is 10.2. The molecule has 0 aliphatic rings. The minimum atomic E-state index is 0.598. The van der Waals surface area contributed by atoms with Gasteiger partial charge in [-0.05, 0) is 12.5 Å². The van der Waals surface area contributed by atoms with Crippen molar-refractivity contribution >= 4 is 0 Å². The van der Waals surface area contributed by atoms with Crippen LogP contribution in [0.4, 0.5) is 0 Å². The molecule has 1 aromatic carbocycles. The van der Waals surface area contributed by atoms with Gasteiger partial charge >= 0.3 is 0 Å². The van der Waals surface area contributed by atoms with Crippen LogP contribution in [0.3, 0.4) is 0 Å². The largest absolute Gasteiger partial charge is 0.297 e. The highest BCUT2D eigenvalue weighted by molar-refractivity contribution is 5.13. The zero-order chi connectivity index (χ0) is 10.1. The van der Waals surface area contributed by atoms with Crippen molar-refractivity contribution in [3.8, 4) is 11.8 Å². The number of nitrogens with one attached hydrogen (secondary N) is 1. The third kappa shape index (κ3) is 4.66. The molecule has 0 fully saturated rings. The molecule has 0 saturated carbocycles. The summed E-state index contributed by atoms with van der Waals surface area (Å²) in [6.07, 6.45) is 0.825. The monoisotopic (exact) mass is 189 g/mol. The molecule has 1 aromatic rings. The molecule has 2 heteroatoms. The van der Waals surface area contributed by atoms with Crippen LogP contribution in [-0.4, -0.2) is 6.54 Å². The SMILES string of the molecule is CC#CCCNOCc1ccccc1. The van der Waals surface area contributed by atoms with Crippen molar-refractivity contribution in [1.29, 1.82) is 0 Å². The van der Waals surface area contributed by atoms with Gasteiger partial charge < -0.3 is 0 Å². The lowest BCUT2D eigenvalue weighted by Crippen LogP contribution is -2.15. The van der Waals surface area contributed by atoms with E-state index >= 15 is 0 Å². The summed E-state index contributed by atoms with van der Waals surface area (Å²) in [6, 6.07) is 10.1. The van der Waals surface area contributed by atoms with E-state index in [9.17, 15) is 0 Å². The first-order valence-electron chi connectivity index (χ1n) is 4.71. The summed E-state index contributed by atoms with van der Waals surface area (Å²) in [5, 5.41) is 0. The summed E-state index contributed by atoms with van der Waals surface area (Å²) in [7, 11) is 0. The molecule has 0 spiro atoms. The van der Waals surface area contributed by atoms with Gasteiger partial charge in [-0.1, -0.05) is 30.3 Å². The highest BCUT2D eigenvalue weighted by Gasteiger charge is 1.89. The van der Waals surface area contributed by atoms with Crippen LogP contribution in [0.1, 0.15) is 18.9 Å². The zero-order valence-electron chi connectivity index (χ0n) is 8.42. The normalized spacial score (nSPS) is 9.21. The van der Waals surface area contributed by atoms with Crippen molar-refractivity contribution in [3.63, 3.8) is 0 Å². The average molecular weight is 189 g/mol. The molecule has 0 radical (unpaired) electrons. The lowest BCUT2D eigenvalue weighted by Gasteiger charge is -2.03. The molecule has 14 heavy (non-hydrogen) atoms. The van der Waals surface area contributed by atoms with Crippen LogP contribution >= 0.6 is 0 Å². The third-order valence-electron chi connectivity index (χ3n) is 1.71. The number of benzene rings is 1. The first-order chi connectivity index (χ1) is 6.93. The summed E-state index contributed by atoms with van der Waals surface area (Å²) < 4.78 is 0. The standard InChI is InChI=1S/C12H15NO/c1-2-3-7-10-13-14-11-12-8-5-4-6-9-12/h4-6,8-9,13H,7,10-11H2,1H3. The van der Waals surface area contributed by atoms with Crippen molar-refractivity contribution in [2.45, 2.75) is 20.0 Å². The van der Waals surface area contributed by atoms with Crippen molar-refractivity contribution < 1.29 is 4.84 Å². The molecule has 0 amide bonds. The molecular formula is C12H15NO. The predicted molar refractivity (Wildman–Crippen MR) is 57.3 cm³/mol. The molecular weight excluding hydrogens is 174 g/mol. The fraction of sp³-hybridized carbons (Fsp3) is 0.333.